The minimum absolute atomic E-state index is 0.896. The summed E-state index contributed by atoms with van der Waals surface area (Å²) in [5.41, 5.74) is 12.1. The van der Waals surface area contributed by atoms with Crippen LogP contribution in [0.2, 0.25) is 0 Å². The highest BCUT2D eigenvalue weighted by Crippen LogP contribution is 2.43. The summed E-state index contributed by atoms with van der Waals surface area (Å²) in [6.45, 7) is 0. The summed E-state index contributed by atoms with van der Waals surface area (Å²) in [4.78, 5) is 2.34. The van der Waals surface area contributed by atoms with Gasteiger partial charge in [-0.15, -0.1) is 0 Å². The van der Waals surface area contributed by atoms with Gasteiger partial charge < -0.3 is 18.5 Å². The number of fused-ring (bicyclic) bond motifs is 9. The van der Waals surface area contributed by atoms with Crippen LogP contribution in [0.1, 0.15) is 0 Å². The van der Waals surface area contributed by atoms with E-state index in [0.717, 1.165) is 50.4 Å². The van der Waals surface area contributed by atoms with E-state index >= 15 is 0 Å². The second-order valence-corrected chi connectivity index (χ2v) is 13.4. The van der Waals surface area contributed by atoms with Crippen LogP contribution in [0.5, 0.6) is 0 Å². The Morgan fingerprint density at radius 3 is 1.58 bits per heavy atom. The van der Waals surface area contributed by atoms with Crippen molar-refractivity contribution in [3.8, 4) is 11.4 Å². The monoisotopic (exact) mass is 665 g/mol. The Kier molecular flexibility index (Phi) is 6.22. The molecular weight excluding hydrogens is 635 g/mol. The van der Waals surface area contributed by atoms with Crippen LogP contribution < -0.4 is 4.90 Å². The Balaban J connectivity index is 1.23. The van der Waals surface area contributed by atoms with E-state index < -0.39 is 0 Å². The molecule has 0 radical (unpaired) electrons. The van der Waals surface area contributed by atoms with Gasteiger partial charge in [0.15, 0.2) is 0 Å². The summed E-state index contributed by atoms with van der Waals surface area (Å²) in [6, 6.07) is 67.3. The van der Waals surface area contributed by atoms with Crippen molar-refractivity contribution < 1.29 is 4.42 Å². The standard InChI is InChI=1S/C48H31N3O/c1-4-14-32(15-5-1)49(33-16-6-2-7-17-33)35-24-26-44-39(28-35)41-31-45-40(30-46(41)50(44)34-18-8-3-9-19-34)37-20-10-12-22-43(37)51(45)36-25-27-48-42(29-36)38-21-11-13-23-47(38)52-48/h1-31H. The first-order chi connectivity index (χ1) is 25.8. The number of furan rings is 1. The topological polar surface area (TPSA) is 26.2 Å². The maximum Gasteiger partial charge on any atom is 0.135 e. The predicted molar refractivity (Wildman–Crippen MR) is 217 cm³/mol. The quantitative estimate of drug-likeness (QED) is 0.183. The van der Waals surface area contributed by atoms with Gasteiger partial charge in [-0.1, -0.05) is 91.0 Å². The van der Waals surface area contributed by atoms with Crippen molar-refractivity contribution in [2.45, 2.75) is 0 Å². The van der Waals surface area contributed by atoms with Gasteiger partial charge in [-0.2, -0.15) is 0 Å². The molecule has 0 N–H and O–H groups in total. The number of rotatable bonds is 5. The lowest BCUT2D eigenvalue weighted by molar-refractivity contribution is 0.669. The number of nitrogens with zero attached hydrogens (tertiary/aromatic N) is 3. The zero-order valence-electron chi connectivity index (χ0n) is 28.1. The number of anilines is 3. The lowest BCUT2D eigenvalue weighted by Gasteiger charge is -2.25. The normalized spacial score (nSPS) is 11.8. The lowest BCUT2D eigenvalue weighted by Crippen LogP contribution is -2.09. The number of hydrogen-bond acceptors (Lipinski definition) is 2. The molecule has 0 spiro atoms. The fraction of sp³-hybridized carbons (Fsp3) is 0. The third-order valence-electron chi connectivity index (χ3n) is 10.5. The molecule has 8 aromatic carbocycles. The van der Waals surface area contributed by atoms with E-state index in [2.05, 4.69) is 190 Å². The SMILES string of the molecule is c1ccc(N(c2ccccc2)c2ccc3c(c2)c2cc4c(cc2n3-c2ccccc2)c2ccccc2n4-c2ccc3oc4ccccc4c3c2)cc1. The average Bonchev–Trinajstić information content (AvgIpc) is 3.85. The first-order valence-electron chi connectivity index (χ1n) is 17.7. The molecule has 0 saturated carbocycles. The summed E-state index contributed by atoms with van der Waals surface area (Å²) >= 11 is 0. The molecule has 0 amide bonds. The van der Waals surface area contributed by atoms with Gasteiger partial charge in [-0.05, 0) is 97.1 Å². The van der Waals surface area contributed by atoms with Gasteiger partial charge >= 0.3 is 0 Å². The molecule has 11 rings (SSSR count). The Morgan fingerprint density at radius 2 is 0.846 bits per heavy atom. The van der Waals surface area contributed by atoms with E-state index in [1.165, 1.54) is 43.6 Å². The van der Waals surface area contributed by atoms with Gasteiger partial charge in [0, 0.05) is 60.8 Å². The summed E-state index contributed by atoms with van der Waals surface area (Å²) in [7, 11) is 0. The van der Waals surface area contributed by atoms with E-state index in [1.54, 1.807) is 0 Å². The second-order valence-electron chi connectivity index (χ2n) is 13.4. The maximum absolute atomic E-state index is 6.23. The predicted octanol–water partition coefficient (Wildman–Crippen LogP) is 13.2. The van der Waals surface area contributed by atoms with Crippen molar-refractivity contribution in [3.63, 3.8) is 0 Å². The molecule has 3 heterocycles. The van der Waals surface area contributed by atoms with Crippen LogP contribution in [0.25, 0.3) is 76.9 Å². The highest BCUT2D eigenvalue weighted by molar-refractivity contribution is 6.19. The zero-order chi connectivity index (χ0) is 34.2. The van der Waals surface area contributed by atoms with Gasteiger partial charge in [-0.3, -0.25) is 0 Å². The number of para-hydroxylation sites is 5. The molecule has 0 saturated heterocycles. The zero-order valence-corrected chi connectivity index (χ0v) is 28.1. The molecule has 3 aromatic heterocycles. The Morgan fingerprint density at radius 1 is 0.308 bits per heavy atom. The van der Waals surface area contributed by atoms with E-state index in [0.29, 0.717) is 0 Å². The van der Waals surface area contributed by atoms with Crippen LogP contribution in [-0.4, -0.2) is 9.13 Å². The van der Waals surface area contributed by atoms with Crippen molar-refractivity contribution in [2.24, 2.45) is 0 Å². The van der Waals surface area contributed by atoms with Gasteiger partial charge in [0.2, 0.25) is 0 Å². The highest BCUT2D eigenvalue weighted by atomic mass is 16.3. The Bertz CT molecular complexity index is 3080. The van der Waals surface area contributed by atoms with Gasteiger partial charge in [0.1, 0.15) is 11.2 Å². The van der Waals surface area contributed by atoms with E-state index in [-0.39, 0.29) is 0 Å². The molecule has 0 atom stereocenters. The first kappa shape index (κ1) is 28.8. The maximum atomic E-state index is 6.23. The van der Waals surface area contributed by atoms with Crippen LogP contribution in [0.4, 0.5) is 17.1 Å². The molecule has 0 aliphatic carbocycles. The van der Waals surface area contributed by atoms with Crippen LogP contribution in [0, 0.1) is 0 Å². The number of aromatic nitrogens is 2. The summed E-state index contributed by atoms with van der Waals surface area (Å²) < 4.78 is 11.1. The third kappa shape index (κ3) is 4.28. The van der Waals surface area contributed by atoms with E-state index in [1.807, 2.05) is 12.1 Å². The molecule has 0 unspecified atom stereocenters. The van der Waals surface area contributed by atoms with E-state index in [4.69, 9.17) is 4.42 Å². The van der Waals surface area contributed by atoms with Gasteiger partial charge in [0.05, 0.1) is 22.1 Å². The Labute approximate surface area is 299 Å². The van der Waals surface area contributed by atoms with Crippen molar-refractivity contribution in [1.29, 1.82) is 0 Å². The van der Waals surface area contributed by atoms with Crippen LogP contribution in [0.3, 0.4) is 0 Å². The van der Waals surface area contributed by atoms with Crippen LogP contribution in [-0.2, 0) is 0 Å². The molecular formula is C48H31N3O. The Hall–Kier alpha value is -7.04. The van der Waals surface area contributed by atoms with Gasteiger partial charge in [0.25, 0.3) is 0 Å². The minimum Gasteiger partial charge on any atom is -0.456 e. The molecule has 0 bridgehead atoms. The molecule has 0 aliphatic heterocycles. The van der Waals surface area contributed by atoms with E-state index in [9.17, 15) is 0 Å². The lowest BCUT2D eigenvalue weighted by atomic mass is 10.1. The smallest absolute Gasteiger partial charge is 0.135 e. The van der Waals surface area contributed by atoms with Crippen molar-refractivity contribution in [3.05, 3.63) is 188 Å². The molecule has 4 heteroatoms. The number of hydrogen-bond donors (Lipinski definition) is 0. The molecule has 11 aromatic rings. The number of benzene rings is 8. The third-order valence-corrected chi connectivity index (χ3v) is 10.5. The molecule has 4 nitrogen and oxygen atoms in total. The molecule has 244 valence electrons. The van der Waals surface area contributed by atoms with Crippen molar-refractivity contribution >= 4 is 82.6 Å². The summed E-state index contributed by atoms with van der Waals surface area (Å²) in [5, 5.41) is 7.09. The summed E-state index contributed by atoms with van der Waals surface area (Å²) in [5.74, 6) is 0. The fourth-order valence-corrected chi connectivity index (χ4v) is 8.20. The summed E-state index contributed by atoms with van der Waals surface area (Å²) in [6.07, 6.45) is 0. The fourth-order valence-electron chi connectivity index (χ4n) is 8.20. The molecule has 0 fully saturated rings. The molecule has 0 aliphatic rings. The highest BCUT2D eigenvalue weighted by Gasteiger charge is 2.21. The van der Waals surface area contributed by atoms with Gasteiger partial charge in [-0.25, -0.2) is 0 Å². The average molecular weight is 666 g/mol. The second kappa shape index (κ2) is 11.2. The first-order valence-corrected chi connectivity index (χ1v) is 17.7. The molecule has 52 heavy (non-hydrogen) atoms. The van der Waals surface area contributed by atoms with Crippen LogP contribution >= 0.6 is 0 Å². The largest absolute Gasteiger partial charge is 0.456 e. The minimum atomic E-state index is 0.896. The van der Waals surface area contributed by atoms with Crippen LogP contribution in [0.15, 0.2) is 192 Å². The van der Waals surface area contributed by atoms with Crippen molar-refractivity contribution in [2.75, 3.05) is 4.90 Å². The van der Waals surface area contributed by atoms with Crippen molar-refractivity contribution in [1.82, 2.24) is 9.13 Å².